The van der Waals surface area contributed by atoms with Gasteiger partial charge in [0.25, 0.3) is 0 Å². The van der Waals surface area contributed by atoms with Crippen LogP contribution in [0.1, 0.15) is 32.6 Å². The fraction of sp³-hybridized carbons (Fsp3) is 0.600. The second-order valence-electron chi connectivity index (χ2n) is 5.59. The Morgan fingerprint density at radius 1 is 1.32 bits per heavy atom. The van der Waals surface area contributed by atoms with Crippen LogP contribution in [0, 0.1) is 5.41 Å². The topological polar surface area (TPSA) is 21.3 Å². The van der Waals surface area contributed by atoms with E-state index in [-0.39, 0.29) is 0 Å². The molecule has 0 amide bonds. The molecule has 0 bridgehead atoms. The lowest BCUT2D eigenvalue weighted by molar-refractivity contribution is -0.157. The first-order chi connectivity index (χ1) is 9.15. The van der Waals surface area contributed by atoms with E-state index in [1.54, 1.807) is 0 Å². The molecule has 0 aromatic heterocycles. The number of anilines is 1. The highest BCUT2D eigenvalue weighted by atomic mass is 35.5. The Hall–Kier alpha value is -0.440. The molecular formula is C15H19Cl2NO. The van der Waals surface area contributed by atoms with Crippen molar-refractivity contribution in [3.63, 3.8) is 0 Å². The summed E-state index contributed by atoms with van der Waals surface area (Å²) >= 11 is 12.0. The zero-order chi connectivity index (χ0) is 13.5. The van der Waals surface area contributed by atoms with Gasteiger partial charge in [-0.05, 0) is 44.4 Å². The van der Waals surface area contributed by atoms with E-state index in [9.17, 15) is 0 Å². The van der Waals surface area contributed by atoms with Crippen LogP contribution in [0.5, 0.6) is 0 Å². The molecule has 0 aliphatic heterocycles. The molecule has 2 saturated carbocycles. The molecule has 3 rings (SSSR count). The molecule has 1 aromatic carbocycles. The maximum absolute atomic E-state index is 6.06. The van der Waals surface area contributed by atoms with E-state index >= 15 is 0 Å². The molecule has 19 heavy (non-hydrogen) atoms. The summed E-state index contributed by atoms with van der Waals surface area (Å²) in [7, 11) is 0. The van der Waals surface area contributed by atoms with Gasteiger partial charge in [0.2, 0.25) is 0 Å². The first-order valence-corrected chi connectivity index (χ1v) is 7.74. The van der Waals surface area contributed by atoms with E-state index in [0.717, 1.165) is 18.7 Å². The van der Waals surface area contributed by atoms with E-state index in [1.165, 1.54) is 19.3 Å². The first-order valence-electron chi connectivity index (χ1n) is 6.99. The van der Waals surface area contributed by atoms with Crippen LogP contribution in [-0.2, 0) is 4.74 Å². The molecule has 2 aliphatic carbocycles. The van der Waals surface area contributed by atoms with Crippen molar-refractivity contribution in [2.24, 2.45) is 5.41 Å². The molecule has 1 spiro atoms. The van der Waals surface area contributed by atoms with Crippen LogP contribution >= 0.6 is 23.2 Å². The second kappa shape index (κ2) is 5.16. The fourth-order valence-corrected chi connectivity index (χ4v) is 3.73. The fourth-order valence-electron chi connectivity index (χ4n) is 3.43. The first kappa shape index (κ1) is 13.5. The molecule has 2 aliphatic rings. The largest absolute Gasteiger partial charge is 0.382 e. The maximum atomic E-state index is 6.06. The van der Waals surface area contributed by atoms with Crippen LogP contribution in [0.15, 0.2) is 18.2 Å². The number of ether oxygens (including phenoxy) is 1. The van der Waals surface area contributed by atoms with Gasteiger partial charge in [0.05, 0.1) is 16.1 Å². The standard InChI is InChI=1S/C15H19Cl2NO/c1-2-19-14-9-13(15(14)6-3-7-15)18-10-4-5-11(16)12(17)8-10/h4-5,8,13-14,18H,2-3,6-7,9H2,1H3. The highest BCUT2D eigenvalue weighted by Gasteiger charge is 2.58. The van der Waals surface area contributed by atoms with E-state index < -0.39 is 0 Å². The van der Waals surface area contributed by atoms with Crippen LogP contribution in [0.2, 0.25) is 10.0 Å². The molecule has 2 unspecified atom stereocenters. The Bertz CT molecular complexity index is 473. The van der Waals surface area contributed by atoms with Gasteiger partial charge in [0, 0.05) is 23.8 Å². The summed E-state index contributed by atoms with van der Waals surface area (Å²) in [5.41, 5.74) is 1.42. The third kappa shape index (κ3) is 2.24. The minimum absolute atomic E-state index is 0.363. The Kier molecular flexibility index (Phi) is 3.67. The summed E-state index contributed by atoms with van der Waals surface area (Å²) in [4.78, 5) is 0. The Balaban J connectivity index is 1.69. The highest BCUT2D eigenvalue weighted by molar-refractivity contribution is 6.42. The Morgan fingerprint density at radius 3 is 2.68 bits per heavy atom. The van der Waals surface area contributed by atoms with E-state index in [1.807, 2.05) is 18.2 Å². The van der Waals surface area contributed by atoms with Gasteiger partial charge < -0.3 is 10.1 Å². The average molecular weight is 300 g/mol. The minimum atomic E-state index is 0.363. The van der Waals surface area contributed by atoms with Gasteiger partial charge in [0.15, 0.2) is 0 Å². The molecule has 1 aromatic rings. The van der Waals surface area contributed by atoms with Crippen molar-refractivity contribution in [3.05, 3.63) is 28.2 Å². The molecular weight excluding hydrogens is 281 g/mol. The van der Waals surface area contributed by atoms with Crippen molar-refractivity contribution >= 4 is 28.9 Å². The van der Waals surface area contributed by atoms with Crippen molar-refractivity contribution in [2.75, 3.05) is 11.9 Å². The van der Waals surface area contributed by atoms with Gasteiger partial charge in [-0.3, -0.25) is 0 Å². The van der Waals surface area contributed by atoms with Crippen LogP contribution < -0.4 is 5.32 Å². The lowest BCUT2D eigenvalue weighted by Gasteiger charge is -2.61. The van der Waals surface area contributed by atoms with Gasteiger partial charge >= 0.3 is 0 Å². The van der Waals surface area contributed by atoms with E-state index in [4.69, 9.17) is 27.9 Å². The third-order valence-corrected chi connectivity index (χ3v) is 5.44. The molecule has 1 N–H and O–H groups in total. The molecule has 2 nitrogen and oxygen atoms in total. The van der Waals surface area contributed by atoms with Crippen molar-refractivity contribution in [1.82, 2.24) is 0 Å². The second-order valence-corrected chi connectivity index (χ2v) is 6.41. The molecule has 0 heterocycles. The number of hydrogen-bond acceptors (Lipinski definition) is 2. The molecule has 2 fully saturated rings. The quantitative estimate of drug-likeness (QED) is 0.866. The Morgan fingerprint density at radius 2 is 2.11 bits per heavy atom. The van der Waals surface area contributed by atoms with E-state index in [0.29, 0.717) is 27.6 Å². The van der Waals surface area contributed by atoms with E-state index in [2.05, 4.69) is 12.2 Å². The smallest absolute Gasteiger partial charge is 0.0670 e. The predicted molar refractivity (Wildman–Crippen MR) is 80.2 cm³/mol. The average Bonchev–Trinajstić information content (AvgIpc) is 2.30. The molecule has 0 radical (unpaired) electrons. The SMILES string of the molecule is CCOC1CC(Nc2ccc(Cl)c(Cl)c2)C12CCC2. The van der Waals surface area contributed by atoms with Crippen LogP contribution in [0.3, 0.4) is 0 Å². The highest BCUT2D eigenvalue weighted by Crippen LogP contribution is 2.58. The number of nitrogens with one attached hydrogen (secondary N) is 1. The van der Waals surface area contributed by atoms with Crippen LogP contribution in [0.4, 0.5) is 5.69 Å². The maximum Gasteiger partial charge on any atom is 0.0670 e. The molecule has 104 valence electrons. The summed E-state index contributed by atoms with van der Waals surface area (Å²) in [6, 6.07) is 6.26. The lowest BCUT2D eigenvalue weighted by Crippen LogP contribution is -2.64. The summed E-state index contributed by atoms with van der Waals surface area (Å²) in [6.45, 7) is 2.89. The normalized spacial score (nSPS) is 27.7. The van der Waals surface area contributed by atoms with Gasteiger partial charge in [-0.25, -0.2) is 0 Å². The molecule has 4 heteroatoms. The van der Waals surface area contributed by atoms with Crippen molar-refractivity contribution in [1.29, 1.82) is 0 Å². The number of hydrogen-bond donors (Lipinski definition) is 1. The van der Waals surface area contributed by atoms with Gasteiger partial charge in [-0.2, -0.15) is 0 Å². The van der Waals surface area contributed by atoms with Crippen molar-refractivity contribution in [2.45, 2.75) is 44.8 Å². The summed E-state index contributed by atoms with van der Waals surface area (Å²) in [5, 5.41) is 4.81. The Labute approximate surface area is 124 Å². The zero-order valence-electron chi connectivity index (χ0n) is 11.1. The summed E-state index contributed by atoms with van der Waals surface area (Å²) in [6.07, 6.45) is 5.40. The van der Waals surface area contributed by atoms with Crippen molar-refractivity contribution in [3.8, 4) is 0 Å². The van der Waals surface area contributed by atoms with Crippen LogP contribution in [-0.4, -0.2) is 18.8 Å². The van der Waals surface area contributed by atoms with Crippen molar-refractivity contribution < 1.29 is 4.74 Å². The lowest BCUT2D eigenvalue weighted by atomic mass is 9.51. The monoisotopic (exact) mass is 299 g/mol. The minimum Gasteiger partial charge on any atom is -0.382 e. The third-order valence-electron chi connectivity index (χ3n) is 4.70. The summed E-state index contributed by atoms with van der Waals surface area (Å²) in [5.74, 6) is 0. The molecule has 0 saturated heterocycles. The van der Waals surface area contributed by atoms with Gasteiger partial charge in [-0.1, -0.05) is 29.6 Å². The number of rotatable bonds is 4. The van der Waals surface area contributed by atoms with Gasteiger partial charge in [-0.15, -0.1) is 0 Å². The zero-order valence-corrected chi connectivity index (χ0v) is 12.6. The summed E-state index contributed by atoms with van der Waals surface area (Å²) < 4.78 is 5.86. The van der Waals surface area contributed by atoms with Gasteiger partial charge in [0.1, 0.15) is 0 Å². The number of halogens is 2. The number of benzene rings is 1. The van der Waals surface area contributed by atoms with Crippen LogP contribution in [0.25, 0.3) is 0 Å². The molecule has 2 atom stereocenters. The predicted octanol–water partition coefficient (Wildman–Crippen LogP) is 4.75.